The highest BCUT2D eigenvalue weighted by Gasteiger charge is 2.09. The van der Waals surface area contributed by atoms with Gasteiger partial charge in [-0.3, -0.25) is 9.78 Å². The molecule has 0 bridgehead atoms. The number of thiazole rings is 1. The summed E-state index contributed by atoms with van der Waals surface area (Å²) in [6.07, 6.45) is 3.44. The molecular weight excluding hydrogens is 274 g/mol. The molecule has 0 aliphatic heterocycles. The standard InChI is InChI=1S/C14H13N3O2S/c1-10-4-2-6-15-12(10)8-13(19)17-14-16-9-11(20-14)5-3-7-18/h2,4,6,9,18H,7-8H2,1H3,(H,16,17,19). The van der Waals surface area contributed by atoms with Crippen molar-refractivity contribution in [1.82, 2.24) is 9.97 Å². The molecule has 6 heteroatoms. The molecule has 0 saturated carbocycles. The number of aliphatic hydroxyl groups excluding tert-OH is 1. The van der Waals surface area contributed by atoms with Gasteiger partial charge in [-0.15, -0.1) is 0 Å². The summed E-state index contributed by atoms with van der Waals surface area (Å²) in [5, 5.41) is 11.8. The second-order valence-electron chi connectivity index (χ2n) is 3.98. The van der Waals surface area contributed by atoms with Crippen LogP contribution in [0.5, 0.6) is 0 Å². The van der Waals surface area contributed by atoms with E-state index in [1.807, 2.05) is 19.1 Å². The Morgan fingerprint density at radius 3 is 3.10 bits per heavy atom. The van der Waals surface area contributed by atoms with Crippen molar-refractivity contribution in [2.24, 2.45) is 0 Å². The minimum absolute atomic E-state index is 0.164. The molecule has 0 aliphatic carbocycles. The largest absolute Gasteiger partial charge is 0.384 e. The second-order valence-corrected chi connectivity index (χ2v) is 5.01. The highest BCUT2D eigenvalue weighted by Crippen LogP contribution is 2.17. The average molecular weight is 287 g/mol. The van der Waals surface area contributed by atoms with E-state index in [0.29, 0.717) is 10.0 Å². The van der Waals surface area contributed by atoms with Gasteiger partial charge < -0.3 is 10.4 Å². The van der Waals surface area contributed by atoms with Gasteiger partial charge in [-0.25, -0.2) is 4.98 Å². The van der Waals surface area contributed by atoms with Crippen LogP contribution in [-0.4, -0.2) is 27.6 Å². The first-order chi connectivity index (χ1) is 9.69. The van der Waals surface area contributed by atoms with Crippen LogP contribution < -0.4 is 5.32 Å². The molecule has 2 aromatic rings. The highest BCUT2D eigenvalue weighted by atomic mass is 32.1. The van der Waals surface area contributed by atoms with Crippen LogP contribution in [0.2, 0.25) is 0 Å². The molecule has 102 valence electrons. The van der Waals surface area contributed by atoms with Crippen molar-refractivity contribution in [1.29, 1.82) is 0 Å². The number of anilines is 1. The molecule has 5 nitrogen and oxygen atoms in total. The quantitative estimate of drug-likeness (QED) is 0.836. The third kappa shape index (κ3) is 3.88. The van der Waals surface area contributed by atoms with E-state index in [2.05, 4.69) is 27.1 Å². The van der Waals surface area contributed by atoms with E-state index in [0.717, 1.165) is 11.3 Å². The van der Waals surface area contributed by atoms with E-state index < -0.39 is 0 Å². The molecular formula is C14H13N3O2S. The van der Waals surface area contributed by atoms with Gasteiger partial charge in [-0.1, -0.05) is 29.2 Å². The lowest BCUT2D eigenvalue weighted by atomic mass is 10.1. The van der Waals surface area contributed by atoms with Crippen molar-refractivity contribution in [3.63, 3.8) is 0 Å². The Morgan fingerprint density at radius 1 is 1.50 bits per heavy atom. The van der Waals surface area contributed by atoms with Crippen LogP contribution in [0.4, 0.5) is 5.13 Å². The zero-order valence-electron chi connectivity index (χ0n) is 10.9. The van der Waals surface area contributed by atoms with Crippen LogP contribution in [0.25, 0.3) is 0 Å². The van der Waals surface area contributed by atoms with Gasteiger partial charge in [0.05, 0.1) is 23.2 Å². The summed E-state index contributed by atoms with van der Waals surface area (Å²) in [5.41, 5.74) is 1.73. The maximum absolute atomic E-state index is 11.9. The number of nitrogens with zero attached hydrogens (tertiary/aromatic N) is 2. The van der Waals surface area contributed by atoms with Gasteiger partial charge >= 0.3 is 0 Å². The molecule has 0 aromatic carbocycles. The number of hydrogen-bond donors (Lipinski definition) is 2. The van der Waals surface area contributed by atoms with Gasteiger partial charge in [0.15, 0.2) is 5.13 Å². The monoisotopic (exact) mass is 287 g/mol. The lowest BCUT2D eigenvalue weighted by molar-refractivity contribution is -0.115. The normalized spacial score (nSPS) is 9.70. The lowest BCUT2D eigenvalue weighted by Crippen LogP contribution is -2.15. The molecule has 1 amide bonds. The fourth-order valence-electron chi connectivity index (χ4n) is 1.54. The topological polar surface area (TPSA) is 75.1 Å². The van der Waals surface area contributed by atoms with E-state index in [9.17, 15) is 4.79 Å². The fourth-order valence-corrected chi connectivity index (χ4v) is 2.24. The second kappa shape index (κ2) is 6.80. The van der Waals surface area contributed by atoms with E-state index in [1.165, 1.54) is 11.3 Å². The number of carbonyl (C=O) groups is 1. The maximum Gasteiger partial charge on any atom is 0.232 e. The fraction of sp³-hybridized carbons (Fsp3) is 0.214. The number of aryl methyl sites for hydroxylation is 1. The molecule has 2 aromatic heterocycles. The number of aromatic nitrogens is 2. The molecule has 0 spiro atoms. The first-order valence-corrected chi connectivity index (χ1v) is 6.76. The number of rotatable bonds is 3. The van der Waals surface area contributed by atoms with Gasteiger partial charge in [0.25, 0.3) is 0 Å². The number of pyridine rings is 1. The Kier molecular flexibility index (Phi) is 4.82. The van der Waals surface area contributed by atoms with Crippen LogP contribution in [-0.2, 0) is 11.2 Å². The Morgan fingerprint density at radius 2 is 2.35 bits per heavy atom. The van der Waals surface area contributed by atoms with Crippen LogP contribution >= 0.6 is 11.3 Å². The predicted molar refractivity (Wildman–Crippen MR) is 77.4 cm³/mol. The van der Waals surface area contributed by atoms with Gasteiger partial charge in [-0.05, 0) is 18.6 Å². The van der Waals surface area contributed by atoms with E-state index in [4.69, 9.17) is 5.11 Å². The Balaban J connectivity index is 1.98. The van der Waals surface area contributed by atoms with Crippen molar-refractivity contribution in [2.75, 3.05) is 11.9 Å². The summed E-state index contributed by atoms with van der Waals surface area (Å²) in [5.74, 6) is 5.11. The summed E-state index contributed by atoms with van der Waals surface area (Å²) in [6, 6.07) is 3.76. The molecule has 0 radical (unpaired) electrons. The van der Waals surface area contributed by atoms with Gasteiger partial charge in [-0.2, -0.15) is 0 Å². The number of amides is 1. The first-order valence-electron chi connectivity index (χ1n) is 5.95. The van der Waals surface area contributed by atoms with Crippen molar-refractivity contribution in [2.45, 2.75) is 13.3 Å². The number of hydrogen-bond acceptors (Lipinski definition) is 5. The lowest BCUT2D eigenvalue weighted by Gasteiger charge is -2.03. The molecule has 0 saturated heterocycles. The van der Waals surface area contributed by atoms with Crippen LogP contribution in [0.15, 0.2) is 24.5 Å². The summed E-state index contributed by atoms with van der Waals surface area (Å²) in [4.78, 5) is 20.8. The Bertz CT molecular complexity index is 670. The highest BCUT2D eigenvalue weighted by molar-refractivity contribution is 7.16. The minimum atomic E-state index is -0.196. The summed E-state index contributed by atoms with van der Waals surface area (Å²) in [6.45, 7) is 1.72. The van der Waals surface area contributed by atoms with Crippen LogP contribution in [0, 0.1) is 18.8 Å². The maximum atomic E-state index is 11.9. The Hall–Kier alpha value is -2.23. The number of carbonyl (C=O) groups excluding carboxylic acids is 1. The number of nitrogens with one attached hydrogen (secondary N) is 1. The zero-order valence-corrected chi connectivity index (χ0v) is 11.7. The molecule has 0 aliphatic rings. The summed E-state index contributed by atoms with van der Waals surface area (Å²) in [7, 11) is 0. The average Bonchev–Trinajstić information content (AvgIpc) is 2.86. The third-order valence-electron chi connectivity index (χ3n) is 2.49. The van der Waals surface area contributed by atoms with Crippen molar-refractivity contribution in [3.05, 3.63) is 40.7 Å². The summed E-state index contributed by atoms with van der Waals surface area (Å²) >= 11 is 1.27. The Labute approximate surface area is 120 Å². The summed E-state index contributed by atoms with van der Waals surface area (Å²) < 4.78 is 0. The molecule has 2 rings (SSSR count). The van der Waals surface area contributed by atoms with Crippen molar-refractivity contribution >= 4 is 22.4 Å². The van der Waals surface area contributed by atoms with E-state index in [1.54, 1.807) is 12.4 Å². The molecule has 0 atom stereocenters. The molecule has 2 heterocycles. The van der Waals surface area contributed by atoms with Gasteiger partial charge in [0, 0.05) is 6.20 Å². The van der Waals surface area contributed by atoms with Crippen LogP contribution in [0.3, 0.4) is 0 Å². The molecule has 20 heavy (non-hydrogen) atoms. The zero-order chi connectivity index (χ0) is 14.4. The van der Waals surface area contributed by atoms with Crippen molar-refractivity contribution < 1.29 is 9.90 Å². The SMILES string of the molecule is Cc1cccnc1CC(=O)Nc1ncc(C#CCO)s1. The molecule has 0 fully saturated rings. The smallest absolute Gasteiger partial charge is 0.232 e. The van der Waals surface area contributed by atoms with Gasteiger partial charge in [0.1, 0.15) is 6.61 Å². The van der Waals surface area contributed by atoms with E-state index >= 15 is 0 Å². The molecule has 0 unspecified atom stereocenters. The van der Waals surface area contributed by atoms with Gasteiger partial charge in [0.2, 0.25) is 5.91 Å². The van der Waals surface area contributed by atoms with Crippen LogP contribution in [0.1, 0.15) is 16.1 Å². The minimum Gasteiger partial charge on any atom is -0.384 e. The first kappa shape index (κ1) is 14.2. The molecule has 2 N–H and O–H groups in total. The van der Waals surface area contributed by atoms with E-state index in [-0.39, 0.29) is 18.9 Å². The third-order valence-corrected chi connectivity index (χ3v) is 3.32. The number of aliphatic hydroxyl groups is 1. The van der Waals surface area contributed by atoms with Crippen molar-refractivity contribution in [3.8, 4) is 11.8 Å². The predicted octanol–water partition coefficient (Wildman–Crippen LogP) is 1.37.